The first-order valence-electron chi connectivity index (χ1n) is 6.54. The predicted molar refractivity (Wildman–Crippen MR) is 88.6 cm³/mol. The minimum absolute atomic E-state index is 0.254. The van der Waals surface area contributed by atoms with Crippen molar-refractivity contribution >= 4 is 40.0 Å². The second kappa shape index (κ2) is 7.73. The average Bonchev–Trinajstić information content (AvgIpc) is 2.47. The summed E-state index contributed by atoms with van der Waals surface area (Å²) in [5, 5.41) is 0.542. The molecule has 0 aliphatic rings. The fourth-order valence-corrected chi connectivity index (χ4v) is 2.39. The van der Waals surface area contributed by atoms with E-state index in [-0.39, 0.29) is 6.61 Å². The van der Waals surface area contributed by atoms with Gasteiger partial charge in [0.1, 0.15) is 6.61 Å². The summed E-state index contributed by atoms with van der Waals surface area (Å²) in [5.74, 6) is 0.966. The van der Waals surface area contributed by atoms with E-state index in [1.807, 2.05) is 6.92 Å². The maximum absolute atomic E-state index is 11.2. The van der Waals surface area contributed by atoms with E-state index in [1.54, 1.807) is 36.4 Å². The molecule has 116 valence electrons. The highest BCUT2D eigenvalue weighted by Crippen LogP contribution is 2.31. The Morgan fingerprint density at radius 1 is 1.05 bits per heavy atom. The Balaban J connectivity index is 2.19. The summed E-state index contributed by atoms with van der Waals surface area (Å²) in [5.41, 5.74) is 1.15. The molecule has 0 fully saturated rings. The van der Waals surface area contributed by atoms with Gasteiger partial charge in [0.05, 0.1) is 6.61 Å². The van der Waals surface area contributed by atoms with Crippen LogP contribution in [-0.4, -0.2) is 11.8 Å². The van der Waals surface area contributed by atoms with E-state index in [4.69, 9.17) is 44.3 Å². The van der Waals surface area contributed by atoms with Crippen LogP contribution in [0.3, 0.4) is 0 Å². The fourth-order valence-electron chi connectivity index (χ4n) is 1.81. The smallest absolute Gasteiger partial charge is 0.252 e. The third kappa shape index (κ3) is 4.29. The van der Waals surface area contributed by atoms with Crippen molar-refractivity contribution in [3.8, 4) is 11.5 Å². The molecular weight excluding hydrogens is 347 g/mol. The van der Waals surface area contributed by atoms with Crippen LogP contribution < -0.4 is 9.47 Å². The molecule has 6 heteroatoms. The lowest BCUT2D eigenvalue weighted by Gasteiger charge is -2.13. The number of carbonyl (C=O) groups excluding carboxylic acids is 1. The van der Waals surface area contributed by atoms with Crippen LogP contribution in [0.2, 0.25) is 10.0 Å². The largest absolute Gasteiger partial charge is 0.490 e. The van der Waals surface area contributed by atoms with E-state index >= 15 is 0 Å². The molecule has 3 nitrogen and oxygen atoms in total. The third-order valence-electron chi connectivity index (χ3n) is 2.87. The van der Waals surface area contributed by atoms with Crippen LogP contribution in [0.5, 0.6) is 11.5 Å². The zero-order chi connectivity index (χ0) is 16.1. The topological polar surface area (TPSA) is 35.5 Å². The quantitative estimate of drug-likeness (QED) is 0.652. The summed E-state index contributed by atoms with van der Waals surface area (Å²) < 4.78 is 11.2. The molecule has 0 spiro atoms. The first-order chi connectivity index (χ1) is 10.5. The molecule has 2 aromatic carbocycles. The van der Waals surface area contributed by atoms with Gasteiger partial charge in [-0.2, -0.15) is 0 Å². The number of hydrogen-bond donors (Lipinski definition) is 0. The monoisotopic (exact) mass is 358 g/mol. The minimum atomic E-state index is -0.548. The Labute approximate surface area is 143 Å². The molecule has 2 rings (SSSR count). The highest BCUT2D eigenvalue weighted by Gasteiger charge is 2.11. The zero-order valence-electron chi connectivity index (χ0n) is 11.7. The molecular formula is C16H13Cl3O3. The van der Waals surface area contributed by atoms with Crippen LogP contribution >= 0.6 is 34.8 Å². The van der Waals surface area contributed by atoms with Crippen LogP contribution in [0.15, 0.2) is 36.4 Å². The van der Waals surface area contributed by atoms with E-state index in [1.165, 1.54) is 0 Å². The first-order valence-corrected chi connectivity index (χ1v) is 7.68. The Kier molecular flexibility index (Phi) is 5.95. The summed E-state index contributed by atoms with van der Waals surface area (Å²) in [6, 6.07) is 9.96. The van der Waals surface area contributed by atoms with Crippen molar-refractivity contribution in [1.29, 1.82) is 0 Å². The molecule has 0 amide bonds. The lowest BCUT2D eigenvalue weighted by Crippen LogP contribution is -2.01. The number of ether oxygens (including phenoxy) is 2. The van der Waals surface area contributed by atoms with Crippen molar-refractivity contribution in [2.45, 2.75) is 13.5 Å². The summed E-state index contributed by atoms with van der Waals surface area (Å²) in [6.07, 6.45) is 0. The predicted octanol–water partition coefficient (Wildman–Crippen LogP) is 5.35. The molecule has 0 heterocycles. The number of rotatable bonds is 6. The van der Waals surface area contributed by atoms with Crippen molar-refractivity contribution in [2.75, 3.05) is 6.61 Å². The number of halogens is 3. The normalized spacial score (nSPS) is 10.4. The van der Waals surface area contributed by atoms with Gasteiger partial charge in [-0.1, -0.05) is 29.3 Å². The van der Waals surface area contributed by atoms with Gasteiger partial charge in [-0.25, -0.2) is 0 Å². The molecule has 2 aromatic rings. The van der Waals surface area contributed by atoms with E-state index in [0.29, 0.717) is 33.7 Å². The fraction of sp³-hybridized carbons (Fsp3) is 0.188. The third-order valence-corrected chi connectivity index (χ3v) is 3.67. The first kappa shape index (κ1) is 16.9. The van der Waals surface area contributed by atoms with Gasteiger partial charge in [0.25, 0.3) is 5.24 Å². The van der Waals surface area contributed by atoms with Crippen molar-refractivity contribution < 1.29 is 14.3 Å². The Morgan fingerprint density at radius 2 is 1.82 bits per heavy atom. The summed E-state index contributed by atoms with van der Waals surface area (Å²) in [4.78, 5) is 11.2. The van der Waals surface area contributed by atoms with E-state index in [2.05, 4.69) is 0 Å². The van der Waals surface area contributed by atoms with Gasteiger partial charge >= 0.3 is 0 Å². The molecule has 0 saturated heterocycles. The van der Waals surface area contributed by atoms with Gasteiger partial charge in [0.15, 0.2) is 11.5 Å². The van der Waals surface area contributed by atoms with Gasteiger partial charge in [-0.15, -0.1) is 0 Å². The molecule has 0 N–H and O–H groups in total. The Hall–Kier alpha value is -1.42. The summed E-state index contributed by atoms with van der Waals surface area (Å²) in [6.45, 7) is 2.54. The Bertz CT molecular complexity index is 686. The standard InChI is InChI=1S/C16H13Cl3O3/c1-2-21-15-7-10(16(19)20)4-6-14(15)22-9-11-3-5-12(17)8-13(11)18/h3-8H,2,9H2,1H3. The molecule has 0 aliphatic heterocycles. The Morgan fingerprint density at radius 3 is 2.45 bits per heavy atom. The molecule has 0 aromatic heterocycles. The van der Waals surface area contributed by atoms with Crippen molar-refractivity contribution in [1.82, 2.24) is 0 Å². The van der Waals surface area contributed by atoms with Gasteiger partial charge in [0, 0.05) is 21.2 Å². The lowest BCUT2D eigenvalue weighted by atomic mass is 10.2. The van der Waals surface area contributed by atoms with Gasteiger partial charge < -0.3 is 9.47 Å². The molecule has 0 radical (unpaired) electrons. The second-order valence-corrected chi connectivity index (χ2v) is 5.58. The van der Waals surface area contributed by atoms with Gasteiger partial charge in [0.2, 0.25) is 0 Å². The zero-order valence-corrected chi connectivity index (χ0v) is 14.0. The van der Waals surface area contributed by atoms with E-state index in [0.717, 1.165) is 5.56 Å². The van der Waals surface area contributed by atoms with E-state index < -0.39 is 5.24 Å². The average molecular weight is 360 g/mol. The van der Waals surface area contributed by atoms with Crippen molar-refractivity contribution in [3.63, 3.8) is 0 Å². The molecule has 22 heavy (non-hydrogen) atoms. The molecule has 0 saturated carbocycles. The maximum Gasteiger partial charge on any atom is 0.252 e. The lowest BCUT2D eigenvalue weighted by molar-refractivity contribution is 0.108. The summed E-state index contributed by atoms with van der Waals surface area (Å²) >= 11 is 17.4. The highest BCUT2D eigenvalue weighted by molar-refractivity contribution is 6.67. The number of hydrogen-bond acceptors (Lipinski definition) is 3. The second-order valence-electron chi connectivity index (χ2n) is 4.39. The molecule has 0 unspecified atom stereocenters. The molecule has 0 atom stereocenters. The van der Waals surface area contributed by atoms with Crippen LogP contribution in [0, 0.1) is 0 Å². The van der Waals surface area contributed by atoms with E-state index in [9.17, 15) is 4.79 Å². The molecule has 0 bridgehead atoms. The molecule has 0 aliphatic carbocycles. The van der Waals surface area contributed by atoms with Gasteiger partial charge in [-0.05, 0) is 48.9 Å². The van der Waals surface area contributed by atoms with Crippen LogP contribution in [0.4, 0.5) is 0 Å². The number of carbonyl (C=O) groups is 1. The van der Waals surface area contributed by atoms with Crippen molar-refractivity contribution in [3.05, 3.63) is 57.6 Å². The van der Waals surface area contributed by atoms with Crippen LogP contribution in [-0.2, 0) is 6.61 Å². The highest BCUT2D eigenvalue weighted by atomic mass is 35.5. The summed E-state index contributed by atoms with van der Waals surface area (Å²) in [7, 11) is 0. The minimum Gasteiger partial charge on any atom is -0.490 e. The SMILES string of the molecule is CCOc1cc(C(=O)Cl)ccc1OCc1ccc(Cl)cc1Cl. The van der Waals surface area contributed by atoms with Gasteiger partial charge in [-0.3, -0.25) is 4.79 Å². The van der Waals surface area contributed by atoms with Crippen LogP contribution in [0.1, 0.15) is 22.8 Å². The number of benzene rings is 2. The van der Waals surface area contributed by atoms with Crippen LogP contribution in [0.25, 0.3) is 0 Å². The maximum atomic E-state index is 11.2. The van der Waals surface area contributed by atoms with Crippen molar-refractivity contribution in [2.24, 2.45) is 0 Å².